The quantitative estimate of drug-likeness (QED) is 0.0369. The number of aliphatic hydroxyl groups is 1. The first kappa shape index (κ1) is 58.1. The van der Waals surface area contributed by atoms with E-state index in [1.807, 2.05) is 102 Å². The molecule has 1 unspecified atom stereocenters. The van der Waals surface area contributed by atoms with Gasteiger partial charge < -0.3 is 60.1 Å². The molecular formula is C58H76N8O10S. The number of aromatic amines is 1. The Morgan fingerprint density at radius 3 is 2.30 bits per heavy atom. The Kier molecular flexibility index (Phi) is 20.1. The third-order valence-electron chi connectivity index (χ3n) is 14.2. The van der Waals surface area contributed by atoms with Gasteiger partial charge in [-0.3, -0.25) is 24.0 Å². The zero-order valence-electron chi connectivity index (χ0n) is 45.9. The standard InChI is InChI=1S/C58H76N8O10S/c1-10-65(44-19-22-74-23-20-44)48-29-42(28-46(36(48)3)54(69)60-31-47-50(73-9)27-35(2)62-55(47)70)40-15-17-43(18-16-40)59-21-24-75-25-26-76-33-51(68)64-53(58(6,7)8)57(72)66-32-45(67)30-49(66)56(71)63-37(4)39-11-13-41(14-12-39)52-38(5)61-34-77-52/h11-18,27-29,34,37,44-45,49,53,59,67H,10,19-26,30-33H2,1-9H3,(H,60,69)(H,62,70)(H,63,71)(H,64,68)/t37-,45+,49-,53?/m0/s1. The fourth-order valence-corrected chi connectivity index (χ4v) is 10.8. The van der Waals surface area contributed by atoms with Crippen LogP contribution in [0.1, 0.15) is 98.4 Å². The summed E-state index contributed by atoms with van der Waals surface area (Å²) in [4.78, 5) is 79.9. The molecule has 0 saturated carbocycles. The van der Waals surface area contributed by atoms with Crippen molar-refractivity contribution >= 4 is 46.3 Å². The number of H-pyrrole nitrogens is 1. The lowest BCUT2D eigenvalue weighted by atomic mass is 9.85. The molecule has 5 aromatic rings. The number of nitrogens with zero attached hydrogens (tertiary/aromatic N) is 3. The third kappa shape index (κ3) is 14.9. The number of carbonyl (C=O) groups excluding carboxylic acids is 4. The highest BCUT2D eigenvalue weighted by Gasteiger charge is 2.45. The molecule has 19 heteroatoms. The molecular weight excluding hydrogens is 1000 g/mol. The number of anilines is 2. The summed E-state index contributed by atoms with van der Waals surface area (Å²) < 4.78 is 22.6. The number of β-amino-alcohol motifs (C(OH)–C–C–N with tert-alkyl or cyclic N) is 1. The van der Waals surface area contributed by atoms with Crippen molar-refractivity contribution in [1.82, 2.24) is 30.8 Å². The van der Waals surface area contributed by atoms with E-state index in [2.05, 4.69) is 49.1 Å². The third-order valence-corrected chi connectivity index (χ3v) is 15.2. The van der Waals surface area contributed by atoms with Gasteiger partial charge in [0.25, 0.3) is 11.5 Å². The molecule has 77 heavy (non-hydrogen) atoms. The summed E-state index contributed by atoms with van der Waals surface area (Å²) >= 11 is 1.57. The largest absolute Gasteiger partial charge is 0.496 e. The number of nitrogens with one attached hydrogen (secondary N) is 5. The molecule has 7 rings (SSSR count). The van der Waals surface area contributed by atoms with Crippen LogP contribution in [-0.4, -0.2) is 134 Å². The maximum Gasteiger partial charge on any atom is 0.256 e. The van der Waals surface area contributed by atoms with Crippen molar-refractivity contribution in [2.75, 3.05) is 76.6 Å². The fraction of sp³-hybridized carbons (Fsp3) is 0.483. The van der Waals surface area contributed by atoms with E-state index < -0.39 is 35.4 Å². The highest BCUT2D eigenvalue weighted by molar-refractivity contribution is 7.13. The number of ether oxygens (including phenoxy) is 4. The average molecular weight is 1080 g/mol. The SMILES string of the molecule is CCN(c1cc(-c2ccc(NCCOCCOCC(=O)NC(C(=O)N3C[C@H](O)C[C@H]3C(=O)N[C@@H](C)c3ccc(-c4scnc4C)cc3)C(C)(C)C)cc2)cc(C(=O)NCc2c(OC)cc(C)[nH]c2=O)c1C)C1CCOCC1. The number of amides is 4. The van der Waals surface area contributed by atoms with E-state index in [0.717, 1.165) is 69.1 Å². The van der Waals surface area contributed by atoms with Crippen LogP contribution in [0.15, 0.2) is 77.0 Å². The van der Waals surface area contributed by atoms with Gasteiger partial charge in [-0.15, -0.1) is 11.3 Å². The molecule has 18 nitrogen and oxygen atoms in total. The van der Waals surface area contributed by atoms with E-state index >= 15 is 0 Å². The fourth-order valence-electron chi connectivity index (χ4n) is 9.97. The minimum atomic E-state index is -0.989. The molecule has 3 aromatic carbocycles. The minimum Gasteiger partial charge on any atom is -0.496 e. The Bertz CT molecular complexity index is 2880. The van der Waals surface area contributed by atoms with Crippen molar-refractivity contribution in [3.63, 3.8) is 0 Å². The Morgan fingerprint density at radius 1 is 0.935 bits per heavy atom. The van der Waals surface area contributed by atoms with Crippen LogP contribution >= 0.6 is 11.3 Å². The average Bonchev–Trinajstić information content (AvgIpc) is 4.03. The lowest BCUT2D eigenvalue weighted by molar-refractivity contribution is -0.144. The number of thiazole rings is 1. The van der Waals surface area contributed by atoms with E-state index in [1.54, 1.807) is 24.3 Å². The summed E-state index contributed by atoms with van der Waals surface area (Å²) in [5, 5.41) is 22.9. The Labute approximate surface area is 455 Å². The van der Waals surface area contributed by atoms with Crippen molar-refractivity contribution in [1.29, 1.82) is 0 Å². The second-order valence-corrected chi connectivity index (χ2v) is 21.7. The van der Waals surface area contributed by atoms with Crippen LogP contribution in [0.3, 0.4) is 0 Å². The Morgan fingerprint density at radius 2 is 1.64 bits per heavy atom. The van der Waals surface area contributed by atoms with Crippen LogP contribution in [0, 0.1) is 26.2 Å². The van der Waals surface area contributed by atoms with Crippen LogP contribution in [0.25, 0.3) is 21.6 Å². The molecule has 0 bridgehead atoms. The predicted octanol–water partition coefficient (Wildman–Crippen LogP) is 6.85. The van der Waals surface area contributed by atoms with Gasteiger partial charge in [0.2, 0.25) is 17.7 Å². The van der Waals surface area contributed by atoms with Crippen LogP contribution in [0.4, 0.5) is 11.4 Å². The van der Waals surface area contributed by atoms with Crippen molar-refractivity contribution in [2.24, 2.45) is 5.41 Å². The Balaban J connectivity index is 0.878. The molecule has 2 aliphatic heterocycles. The monoisotopic (exact) mass is 1080 g/mol. The van der Waals surface area contributed by atoms with Gasteiger partial charge in [0, 0.05) is 67.9 Å². The number of methoxy groups -OCH3 is 1. The zero-order valence-corrected chi connectivity index (χ0v) is 46.7. The summed E-state index contributed by atoms with van der Waals surface area (Å²) in [6.45, 7) is 18.2. The topological polar surface area (TPSA) is 226 Å². The molecule has 0 radical (unpaired) electrons. The number of benzene rings is 3. The number of likely N-dealkylation sites (tertiary alicyclic amines) is 1. The number of rotatable bonds is 23. The second-order valence-electron chi connectivity index (χ2n) is 20.9. The molecule has 414 valence electrons. The van der Waals surface area contributed by atoms with Gasteiger partial charge in [0.15, 0.2) is 0 Å². The molecule has 4 amide bonds. The summed E-state index contributed by atoms with van der Waals surface area (Å²) in [5.41, 5.74) is 9.69. The van der Waals surface area contributed by atoms with E-state index in [0.29, 0.717) is 48.9 Å². The normalized spacial score (nSPS) is 16.6. The maximum atomic E-state index is 14.1. The number of aromatic nitrogens is 2. The van der Waals surface area contributed by atoms with Gasteiger partial charge in [0.05, 0.1) is 67.3 Å². The zero-order chi connectivity index (χ0) is 55.4. The van der Waals surface area contributed by atoms with Gasteiger partial charge in [-0.25, -0.2) is 4.98 Å². The van der Waals surface area contributed by atoms with Crippen molar-refractivity contribution in [3.05, 3.63) is 116 Å². The van der Waals surface area contributed by atoms with Crippen LogP contribution in [-0.2, 0) is 35.1 Å². The van der Waals surface area contributed by atoms with Crippen LogP contribution in [0.5, 0.6) is 5.75 Å². The van der Waals surface area contributed by atoms with Gasteiger partial charge in [0.1, 0.15) is 24.4 Å². The highest BCUT2D eigenvalue weighted by atomic mass is 32.1. The van der Waals surface area contributed by atoms with Crippen molar-refractivity contribution < 1.29 is 43.2 Å². The van der Waals surface area contributed by atoms with E-state index in [4.69, 9.17) is 18.9 Å². The molecule has 6 N–H and O–H groups in total. The molecule has 2 aliphatic rings. The van der Waals surface area contributed by atoms with Crippen LogP contribution < -0.4 is 36.5 Å². The summed E-state index contributed by atoms with van der Waals surface area (Å²) in [5.74, 6) is -1.21. The number of aliphatic hydroxyl groups excluding tert-OH is 1. The van der Waals surface area contributed by atoms with Crippen molar-refractivity contribution in [2.45, 2.75) is 111 Å². The van der Waals surface area contributed by atoms with Gasteiger partial charge in [-0.2, -0.15) is 0 Å². The number of hydrogen-bond donors (Lipinski definition) is 6. The molecule has 0 aliphatic carbocycles. The molecule has 2 fully saturated rings. The first-order valence-electron chi connectivity index (χ1n) is 26.5. The summed E-state index contributed by atoms with van der Waals surface area (Å²) in [7, 11) is 1.50. The number of pyridine rings is 1. The van der Waals surface area contributed by atoms with E-state index in [9.17, 15) is 29.1 Å². The first-order valence-corrected chi connectivity index (χ1v) is 27.4. The molecule has 4 atom stereocenters. The minimum absolute atomic E-state index is 0.00539. The summed E-state index contributed by atoms with van der Waals surface area (Å²) in [6, 6.07) is 19.7. The van der Waals surface area contributed by atoms with E-state index in [1.165, 1.54) is 12.0 Å². The van der Waals surface area contributed by atoms with Gasteiger partial charge in [-0.1, -0.05) is 57.2 Å². The lowest BCUT2D eigenvalue weighted by Gasteiger charge is -2.37. The molecule has 2 aromatic heterocycles. The second kappa shape index (κ2) is 26.6. The molecule has 2 saturated heterocycles. The summed E-state index contributed by atoms with van der Waals surface area (Å²) in [6.07, 6.45) is 0.956. The number of carbonyl (C=O) groups is 4. The number of aryl methyl sites for hydroxylation is 2. The van der Waals surface area contributed by atoms with E-state index in [-0.39, 0.29) is 68.8 Å². The van der Waals surface area contributed by atoms with Gasteiger partial charge >= 0.3 is 0 Å². The smallest absolute Gasteiger partial charge is 0.256 e. The van der Waals surface area contributed by atoms with Crippen molar-refractivity contribution in [3.8, 4) is 27.3 Å². The highest BCUT2D eigenvalue weighted by Crippen LogP contribution is 2.35. The van der Waals surface area contributed by atoms with Gasteiger partial charge in [-0.05, 0) is 111 Å². The lowest BCUT2D eigenvalue weighted by Crippen LogP contribution is -2.58. The maximum absolute atomic E-state index is 14.1. The first-order chi connectivity index (χ1) is 36.9. The Hall–Kier alpha value is -6.64. The molecule has 4 heterocycles. The molecule has 0 spiro atoms. The predicted molar refractivity (Wildman–Crippen MR) is 299 cm³/mol. The number of hydrogen-bond acceptors (Lipinski definition) is 14. The van der Waals surface area contributed by atoms with Crippen LogP contribution in [0.2, 0.25) is 0 Å².